The average molecular weight is 351 g/mol. The van der Waals surface area contributed by atoms with Gasteiger partial charge in [0.2, 0.25) is 0 Å². The predicted octanol–water partition coefficient (Wildman–Crippen LogP) is 1.30. The standard InChI is InChI=1S/C18H13N3O3S/c1-20-16(22)15(17(23)21(2)18(20)24)10-7-8-12-14(9-10)25-13-6-4-3-5-11(13)19-12/h3-9H,1-2H3. The number of fused-ring (bicyclic) bond motifs is 2. The first-order valence-corrected chi connectivity index (χ1v) is 8.39. The first-order valence-electron chi connectivity index (χ1n) is 7.57. The minimum atomic E-state index is -0.630. The van der Waals surface area contributed by atoms with Gasteiger partial charge in [-0.2, -0.15) is 0 Å². The minimum absolute atomic E-state index is 0.00754. The highest BCUT2D eigenvalue weighted by molar-refractivity contribution is 7.99. The van der Waals surface area contributed by atoms with E-state index in [1.807, 2.05) is 24.3 Å². The SMILES string of the molecule is CN1C(=O)C(=c2ccc3c(c2)Sc2ccccc2N=3)C(=O)N(C)C1=O. The topological polar surface area (TPSA) is 70.1 Å². The first kappa shape index (κ1) is 15.6. The molecule has 0 aromatic heterocycles. The molecule has 2 aromatic carbocycles. The molecule has 2 aliphatic rings. The van der Waals surface area contributed by atoms with E-state index in [9.17, 15) is 14.4 Å². The zero-order valence-corrected chi connectivity index (χ0v) is 14.3. The summed E-state index contributed by atoms with van der Waals surface area (Å²) in [5, 5.41) is 1.28. The number of imide groups is 2. The summed E-state index contributed by atoms with van der Waals surface area (Å²) >= 11 is 1.54. The number of amides is 4. The molecule has 25 heavy (non-hydrogen) atoms. The lowest BCUT2D eigenvalue weighted by molar-refractivity contribution is -0.130. The van der Waals surface area contributed by atoms with Crippen LogP contribution in [0.25, 0.3) is 5.57 Å². The Labute approximate surface area is 147 Å². The van der Waals surface area contributed by atoms with Gasteiger partial charge in [0.05, 0.1) is 11.0 Å². The maximum atomic E-state index is 12.4. The Morgan fingerprint density at radius 3 is 2.28 bits per heavy atom. The van der Waals surface area contributed by atoms with Gasteiger partial charge in [0, 0.05) is 23.9 Å². The molecule has 2 heterocycles. The fourth-order valence-electron chi connectivity index (χ4n) is 2.80. The Morgan fingerprint density at radius 1 is 0.880 bits per heavy atom. The smallest absolute Gasteiger partial charge is 0.268 e. The van der Waals surface area contributed by atoms with Crippen LogP contribution in [0.15, 0.2) is 57.2 Å². The van der Waals surface area contributed by atoms with E-state index < -0.39 is 17.8 Å². The molecule has 4 rings (SSSR count). The molecule has 0 saturated carbocycles. The number of hydrogen-bond donors (Lipinski definition) is 0. The molecule has 0 atom stereocenters. The second-order valence-electron chi connectivity index (χ2n) is 5.75. The summed E-state index contributed by atoms with van der Waals surface area (Å²) in [7, 11) is 2.73. The van der Waals surface area contributed by atoms with Crippen molar-refractivity contribution < 1.29 is 14.4 Å². The van der Waals surface area contributed by atoms with E-state index in [2.05, 4.69) is 4.99 Å². The first-order chi connectivity index (χ1) is 12.0. The molecule has 4 amide bonds. The summed E-state index contributed by atoms with van der Waals surface area (Å²) in [4.78, 5) is 45.1. The molecule has 0 bridgehead atoms. The van der Waals surface area contributed by atoms with Crippen LogP contribution >= 0.6 is 11.8 Å². The van der Waals surface area contributed by atoms with Crippen molar-refractivity contribution in [3.63, 3.8) is 0 Å². The molecule has 1 saturated heterocycles. The molecular formula is C18H13N3O3S. The minimum Gasteiger partial charge on any atom is -0.268 e. The summed E-state index contributed by atoms with van der Waals surface area (Å²) in [6.07, 6.45) is 0. The van der Waals surface area contributed by atoms with Gasteiger partial charge in [0.25, 0.3) is 11.8 Å². The maximum Gasteiger partial charge on any atom is 0.333 e. The number of nitrogens with zero attached hydrogens (tertiary/aromatic N) is 3. The molecule has 0 N–H and O–H groups in total. The van der Waals surface area contributed by atoms with Gasteiger partial charge in [-0.3, -0.25) is 19.4 Å². The van der Waals surface area contributed by atoms with E-state index in [-0.39, 0.29) is 5.57 Å². The molecule has 7 heteroatoms. The van der Waals surface area contributed by atoms with Crippen LogP contribution < -0.4 is 10.6 Å². The van der Waals surface area contributed by atoms with Gasteiger partial charge < -0.3 is 0 Å². The number of para-hydroxylation sites is 1. The van der Waals surface area contributed by atoms with Crippen LogP contribution in [0.2, 0.25) is 0 Å². The van der Waals surface area contributed by atoms with Gasteiger partial charge in [-0.1, -0.05) is 30.0 Å². The number of barbiturate groups is 1. The lowest BCUT2D eigenvalue weighted by Gasteiger charge is -2.29. The summed E-state index contributed by atoms with van der Waals surface area (Å²) < 4.78 is 0. The molecule has 0 radical (unpaired) electrons. The van der Waals surface area contributed by atoms with Crippen LogP contribution in [0, 0.1) is 0 Å². The van der Waals surface area contributed by atoms with Gasteiger partial charge >= 0.3 is 6.03 Å². The third-order valence-corrected chi connectivity index (χ3v) is 5.30. The van der Waals surface area contributed by atoms with E-state index in [1.54, 1.807) is 30.0 Å². The van der Waals surface area contributed by atoms with Crippen LogP contribution in [-0.4, -0.2) is 41.7 Å². The Morgan fingerprint density at radius 2 is 1.56 bits per heavy atom. The maximum absolute atomic E-state index is 12.4. The molecule has 0 spiro atoms. The van der Waals surface area contributed by atoms with Crippen molar-refractivity contribution >= 4 is 40.9 Å². The summed E-state index contributed by atoms with van der Waals surface area (Å²) in [6.45, 7) is 0. The molecule has 124 valence electrons. The zero-order valence-electron chi connectivity index (χ0n) is 13.5. The lowest BCUT2D eigenvalue weighted by Crippen LogP contribution is -2.53. The Hall–Kier alpha value is -2.93. The Balaban J connectivity index is 1.92. The molecule has 0 aliphatic carbocycles. The highest BCUT2D eigenvalue weighted by Gasteiger charge is 2.38. The van der Waals surface area contributed by atoms with Crippen molar-refractivity contribution in [3.8, 4) is 0 Å². The number of urea groups is 1. The second kappa shape index (κ2) is 5.56. The van der Waals surface area contributed by atoms with Crippen molar-refractivity contribution in [3.05, 3.63) is 53.0 Å². The Bertz CT molecular complexity index is 1050. The Kier molecular flexibility index (Phi) is 3.47. The largest absolute Gasteiger partial charge is 0.333 e. The molecule has 6 nitrogen and oxygen atoms in total. The normalized spacial score (nSPS) is 16.6. The van der Waals surface area contributed by atoms with Crippen molar-refractivity contribution in [1.29, 1.82) is 0 Å². The quantitative estimate of drug-likeness (QED) is 0.612. The van der Waals surface area contributed by atoms with Crippen molar-refractivity contribution in [2.75, 3.05) is 14.1 Å². The predicted molar refractivity (Wildman–Crippen MR) is 91.8 cm³/mol. The van der Waals surface area contributed by atoms with E-state index in [0.717, 1.165) is 30.6 Å². The van der Waals surface area contributed by atoms with Crippen LogP contribution in [0.4, 0.5) is 10.5 Å². The summed E-state index contributed by atoms with van der Waals surface area (Å²) in [5.41, 5.74) is 0.891. The average Bonchev–Trinajstić information content (AvgIpc) is 2.63. The van der Waals surface area contributed by atoms with Gasteiger partial charge in [0.15, 0.2) is 0 Å². The van der Waals surface area contributed by atoms with Crippen molar-refractivity contribution in [1.82, 2.24) is 9.80 Å². The van der Waals surface area contributed by atoms with Crippen LogP contribution in [0.3, 0.4) is 0 Å². The number of benzene rings is 2. The van der Waals surface area contributed by atoms with E-state index in [0.29, 0.717) is 5.22 Å². The highest BCUT2D eigenvalue weighted by Crippen LogP contribution is 2.35. The fourth-order valence-corrected chi connectivity index (χ4v) is 3.81. The van der Waals surface area contributed by atoms with Crippen LogP contribution in [0.1, 0.15) is 0 Å². The molecule has 2 aliphatic heterocycles. The third-order valence-electron chi connectivity index (χ3n) is 4.19. The number of carbonyl (C=O) groups excluding carboxylic acids is 3. The fraction of sp³-hybridized carbons (Fsp3) is 0.111. The zero-order chi connectivity index (χ0) is 17.7. The monoisotopic (exact) mass is 351 g/mol. The van der Waals surface area contributed by atoms with Gasteiger partial charge in [-0.25, -0.2) is 9.79 Å². The summed E-state index contributed by atoms with van der Waals surface area (Å²) in [5.74, 6) is -1.18. The lowest BCUT2D eigenvalue weighted by atomic mass is 10.1. The van der Waals surface area contributed by atoms with Gasteiger partial charge in [-0.05, 0) is 29.5 Å². The number of hydrogen-bond acceptors (Lipinski definition) is 5. The van der Waals surface area contributed by atoms with Crippen LogP contribution in [0.5, 0.6) is 0 Å². The van der Waals surface area contributed by atoms with Gasteiger partial charge in [-0.15, -0.1) is 0 Å². The molecular weight excluding hydrogens is 338 g/mol. The molecule has 1 fully saturated rings. The highest BCUT2D eigenvalue weighted by atomic mass is 32.2. The van der Waals surface area contributed by atoms with E-state index in [4.69, 9.17) is 0 Å². The molecule has 2 aromatic rings. The number of rotatable bonds is 0. The van der Waals surface area contributed by atoms with Crippen molar-refractivity contribution in [2.45, 2.75) is 9.79 Å². The summed E-state index contributed by atoms with van der Waals surface area (Å²) in [6, 6.07) is 12.4. The van der Waals surface area contributed by atoms with Gasteiger partial charge in [0.1, 0.15) is 5.57 Å². The molecule has 0 unspecified atom stereocenters. The second-order valence-corrected chi connectivity index (χ2v) is 6.83. The van der Waals surface area contributed by atoms with Crippen molar-refractivity contribution in [2.24, 2.45) is 4.99 Å². The van der Waals surface area contributed by atoms with E-state index >= 15 is 0 Å². The third kappa shape index (κ3) is 2.35. The van der Waals surface area contributed by atoms with E-state index in [1.165, 1.54) is 14.1 Å². The number of carbonyl (C=O) groups is 3. The van der Waals surface area contributed by atoms with Crippen LogP contribution in [-0.2, 0) is 9.59 Å².